The Morgan fingerprint density at radius 1 is 1.39 bits per heavy atom. The molecule has 0 aliphatic carbocycles. The molecule has 5 nitrogen and oxygen atoms in total. The van der Waals surface area contributed by atoms with E-state index in [0.29, 0.717) is 12.4 Å². The molecule has 1 aliphatic rings. The molecule has 0 fully saturated rings. The number of nitrogens with zero attached hydrogens (tertiary/aromatic N) is 2. The number of aromatic nitrogens is 3. The number of aryl methyl sites for hydroxylation is 1. The molecule has 3 heterocycles. The lowest BCUT2D eigenvalue weighted by Crippen LogP contribution is -2.31. The van der Waals surface area contributed by atoms with Crippen molar-refractivity contribution in [2.75, 3.05) is 6.54 Å². The fourth-order valence-corrected chi connectivity index (χ4v) is 2.21. The third-order valence-corrected chi connectivity index (χ3v) is 3.24. The van der Waals surface area contributed by atoms with Crippen molar-refractivity contribution in [1.82, 2.24) is 20.3 Å². The van der Waals surface area contributed by atoms with Gasteiger partial charge in [0.1, 0.15) is 5.82 Å². The molecule has 1 aliphatic heterocycles. The summed E-state index contributed by atoms with van der Waals surface area (Å²) in [5.41, 5.74) is 3.56. The maximum Gasteiger partial charge on any atom is 0.254 e. The normalized spacial score (nSPS) is 14.3. The number of hydrogen-bond acceptors (Lipinski definition) is 4. The molecule has 2 aromatic heterocycles. The third-order valence-electron chi connectivity index (χ3n) is 3.24. The number of hydrogen-bond donors (Lipinski definition) is 2. The first kappa shape index (κ1) is 11.1. The summed E-state index contributed by atoms with van der Waals surface area (Å²) >= 11 is 0. The van der Waals surface area contributed by atoms with Crippen LogP contribution in [0.4, 0.5) is 0 Å². The summed E-state index contributed by atoms with van der Waals surface area (Å²) in [5.74, 6) is 0.605. The van der Waals surface area contributed by atoms with Gasteiger partial charge in [0.2, 0.25) is 0 Å². The van der Waals surface area contributed by atoms with Crippen LogP contribution in [-0.2, 0) is 13.0 Å². The molecule has 0 unspecified atom stereocenters. The van der Waals surface area contributed by atoms with Gasteiger partial charge >= 0.3 is 0 Å². The van der Waals surface area contributed by atoms with Gasteiger partial charge in [-0.1, -0.05) is 0 Å². The Morgan fingerprint density at radius 2 is 2.28 bits per heavy atom. The second-order valence-electron chi connectivity index (χ2n) is 4.46. The van der Waals surface area contributed by atoms with E-state index < -0.39 is 0 Å². The second-order valence-corrected chi connectivity index (χ2v) is 4.46. The van der Waals surface area contributed by atoms with E-state index in [0.717, 1.165) is 35.3 Å². The highest BCUT2D eigenvalue weighted by atomic mass is 16.1. The lowest BCUT2D eigenvalue weighted by Gasteiger charge is -2.16. The molecule has 2 N–H and O–H groups in total. The highest BCUT2D eigenvalue weighted by Crippen LogP contribution is 2.18. The molecule has 2 aromatic rings. The van der Waals surface area contributed by atoms with Gasteiger partial charge in [0.15, 0.2) is 0 Å². The summed E-state index contributed by atoms with van der Waals surface area (Å²) in [6.45, 7) is 3.48. The molecule has 18 heavy (non-hydrogen) atoms. The van der Waals surface area contributed by atoms with Crippen LogP contribution in [0, 0.1) is 6.92 Å². The molecular formula is C13H14N4O. The molecule has 0 spiro atoms. The minimum absolute atomic E-state index is 0.0280. The van der Waals surface area contributed by atoms with Crippen LogP contribution in [0.2, 0.25) is 0 Å². The van der Waals surface area contributed by atoms with Gasteiger partial charge in [-0.2, -0.15) is 0 Å². The number of nitrogens with one attached hydrogen (secondary N) is 2. The largest absolute Gasteiger partial charge is 0.311 e. The van der Waals surface area contributed by atoms with Gasteiger partial charge in [-0.25, -0.2) is 4.98 Å². The van der Waals surface area contributed by atoms with E-state index in [-0.39, 0.29) is 5.56 Å². The third kappa shape index (κ3) is 1.82. The molecule has 0 amide bonds. The van der Waals surface area contributed by atoms with Gasteiger partial charge < -0.3 is 10.3 Å². The van der Waals surface area contributed by atoms with E-state index in [2.05, 4.69) is 20.3 Å². The van der Waals surface area contributed by atoms with Gasteiger partial charge in [-0.15, -0.1) is 0 Å². The number of pyridine rings is 1. The average Bonchev–Trinajstić information content (AvgIpc) is 2.39. The van der Waals surface area contributed by atoms with Crippen LogP contribution < -0.4 is 10.9 Å². The molecule has 0 bridgehead atoms. The zero-order valence-corrected chi connectivity index (χ0v) is 10.2. The number of fused-ring (bicyclic) bond motifs is 1. The SMILES string of the molecule is Cc1ccncc1-c1nc2c(c(=O)[nH]1)CCNC2. The van der Waals surface area contributed by atoms with E-state index in [1.54, 1.807) is 12.4 Å². The monoisotopic (exact) mass is 242 g/mol. The standard InChI is InChI=1S/C13H14N4O/c1-8-2-4-14-6-10(8)12-16-11-7-15-5-3-9(11)13(18)17-12/h2,4,6,15H,3,5,7H2,1H3,(H,16,17,18). The Bertz CT molecular complexity index is 648. The van der Waals surface area contributed by atoms with Crippen LogP contribution in [0.1, 0.15) is 16.8 Å². The first-order valence-corrected chi connectivity index (χ1v) is 5.99. The Balaban J connectivity index is 2.17. The number of aromatic amines is 1. The van der Waals surface area contributed by atoms with Gasteiger partial charge in [0.05, 0.1) is 5.69 Å². The first-order valence-electron chi connectivity index (χ1n) is 5.99. The predicted octanol–water partition coefficient (Wildman–Crippen LogP) is 0.786. The van der Waals surface area contributed by atoms with Crippen LogP contribution >= 0.6 is 0 Å². The van der Waals surface area contributed by atoms with Gasteiger partial charge in [0, 0.05) is 30.1 Å². The van der Waals surface area contributed by atoms with Crippen molar-refractivity contribution in [1.29, 1.82) is 0 Å². The molecule has 92 valence electrons. The Kier molecular flexibility index (Phi) is 2.68. The van der Waals surface area contributed by atoms with Gasteiger partial charge in [-0.3, -0.25) is 9.78 Å². The van der Waals surface area contributed by atoms with Crippen LogP contribution in [0.15, 0.2) is 23.3 Å². The molecule has 0 saturated carbocycles. The summed E-state index contributed by atoms with van der Waals surface area (Å²) in [7, 11) is 0. The van der Waals surface area contributed by atoms with E-state index in [9.17, 15) is 4.79 Å². The molecule has 0 aromatic carbocycles. The molecule has 0 atom stereocenters. The fraction of sp³-hybridized carbons (Fsp3) is 0.308. The highest BCUT2D eigenvalue weighted by Gasteiger charge is 2.16. The Morgan fingerprint density at radius 3 is 3.11 bits per heavy atom. The van der Waals surface area contributed by atoms with Crippen LogP contribution in [0.3, 0.4) is 0 Å². The molecule has 0 saturated heterocycles. The Labute approximate surface area is 104 Å². The molecule has 5 heteroatoms. The summed E-state index contributed by atoms with van der Waals surface area (Å²) in [5, 5.41) is 3.23. The fourth-order valence-electron chi connectivity index (χ4n) is 2.21. The van der Waals surface area contributed by atoms with E-state index in [4.69, 9.17) is 0 Å². The smallest absolute Gasteiger partial charge is 0.254 e. The summed E-state index contributed by atoms with van der Waals surface area (Å²) in [6.07, 6.45) is 4.21. The van der Waals surface area contributed by atoms with E-state index in [1.165, 1.54) is 0 Å². The maximum atomic E-state index is 12.0. The molecule has 0 radical (unpaired) electrons. The van der Waals surface area contributed by atoms with Crippen molar-refractivity contribution in [3.05, 3.63) is 45.6 Å². The van der Waals surface area contributed by atoms with Crippen LogP contribution in [0.5, 0.6) is 0 Å². The summed E-state index contributed by atoms with van der Waals surface area (Å²) in [6, 6.07) is 1.91. The van der Waals surface area contributed by atoms with Crippen molar-refractivity contribution in [2.45, 2.75) is 19.9 Å². The van der Waals surface area contributed by atoms with E-state index in [1.807, 2.05) is 13.0 Å². The van der Waals surface area contributed by atoms with Crippen molar-refractivity contribution in [3.8, 4) is 11.4 Å². The Hall–Kier alpha value is -2.01. The highest BCUT2D eigenvalue weighted by molar-refractivity contribution is 5.58. The average molecular weight is 242 g/mol. The molecular weight excluding hydrogens is 228 g/mol. The predicted molar refractivity (Wildman–Crippen MR) is 68.2 cm³/mol. The quantitative estimate of drug-likeness (QED) is 0.775. The minimum atomic E-state index is -0.0280. The number of rotatable bonds is 1. The van der Waals surface area contributed by atoms with Gasteiger partial charge in [-0.05, 0) is 31.5 Å². The van der Waals surface area contributed by atoms with Crippen molar-refractivity contribution in [2.24, 2.45) is 0 Å². The first-order chi connectivity index (χ1) is 8.75. The van der Waals surface area contributed by atoms with E-state index >= 15 is 0 Å². The lowest BCUT2D eigenvalue weighted by atomic mass is 10.1. The summed E-state index contributed by atoms with van der Waals surface area (Å²) in [4.78, 5) is 23.5. The van der Waals surface area contributed by atoms with Crippen molar-refractivity contribution in [3.63, 3.8) is 0 Å². The minimum Gasteiger partial charge on any atom is -0.311 e. The lowest BCUT2D eigenvalue weighted by molar-refractivity contribution is 0.619. The van der Waals surface area contributed by atoms with Crippen LogP contribution in [0.25, 0.3) is 11.4 Å². The van der Waals surface area contributed by atoms with Crippen LogP contribution in [-0.4, -0.2) is 21.5 Å². The van der Waals surface area contributed by atoms with Gasteiger partial charge in [0.25, 0.3) is 5.56 Å². The second kappa shape index (κ2) is 4.34. The summed E-state index contributed by atoms with van der Waals surface area (Å²) < 4.78 is 0. The molecule has 3 rings (SSSR count). The zero-order chi connectivity index (χ0) is 12.5. The maximum absolute atomic E-state index is 12.0. The zero-order valence-electron chi connectivity index (χ0n) is 10.2. The van der Waals surface area contributed by atoms with Crippen molar-refractivity contribution < 1.29 is 0 Å². The topological polar surface area (TPSA) is 70.7 Å². The number of H-pyrrole nitrogens is 1. The van der Waals surface area contributed by atoms with Crippen molar-refractivity contribution >= 4 is 0 Å².